The van der Waals surface area contributed by atoms with E-state index in [1.807, 2.05) is 0 Å². The van der Waals surface area contributed by atoms with Crippen LogP contribution in [0.25, 0.3) is 0 Å². The molecule has 0 aromatic rings. The van der Waals surface area contributed by atoms with Crippen LogP contribution in [0, 0.1) is 0 Å². The summed E-state index contributed by atoms with van der Waals surface area (Å²) in [6, 6.07) is 0. The third-order valence-electron chi connectivity index (χ3n) is 0.110. The molecule has 0 saturated heterocycles. The van der Waals surface area contributed by atoms with Crippen LogP contribution in [0.5, 0.6) is 0 Å². The average Bonchev–Trinajstić information content (AvgIpc) is 1.73. The molecule has 0 aliphatic heterocycles. The molecule has 7 heavy (non-hydrogen) atoms. The van der Waals surface area contributed by atoms with Crippen molar-refractivity contribution in [2.45, 2.75) is 0 Å². The van der Waals surface area contributed by atoms with Gasteiger partial charge in [0.25, 0.3) is 0 Å². The fourth-order valence-electron chi connectivity index (χ4n) is 0. The Kier molecular flexibility index (Phi) is 13.5. The molecule has 4 N–H and O–H groups in total. The maximum atomic E-state index is 9.23. The molecule has 0 aromatic heterocycles. The van der Waals surface area contributed by atoms with E-state index in [1.165, 1.54) is 0 Å². The largest absolute Gasteiger partial charge is 0.381 e. The van der Waals surface area contributed by atoms with Crippen molar-refractivity contribution in [2.75, 3.05) is 5.94 Å². The molecule has 0 aromatic carbocycles. The number of hydrogen-bond acceptors (Lipinski definition) is 4. The first-order chi connectivity index (χ1) is 3.27. The number of aliphatic hydroxyl groups is 1. The Balaban J connectivity index is 0. The number of aliphatic hydroxyl groups excluding tert-OH is 1. The van der Waals surface area contributed by atoms with E-state index >= 15 is 0 Å². The number of hydrogen-bond donors (Lipinski definition) is 4. The molecule has 5 nitrogen and oxygen atoms in total. The predicted octanol–water partition coefficient (Wildman–Crippen LogP) is -0.825. The second-order valence-corrected chi connectivity index (χ2v) is 1.35. The molecular formula is CH6O5S. The predicted molar refractivity (Wildman–Crippen MR) is 23.1 cm³/mol. The van der Waals surface area contributed by atoms with Crippen LogP contribution >= 0.6 is 0 Å². The lowest BCUT2D eigenvalue weighted by atomic mass is 11.7. The minimum atomic E-state index is -2.02. The van der Waals surface area contributed by atoms with Gasteiger partial charge in [-0.25, -0.2) is 4.21 Å². The molecule has 0 aliphatic rings. The first-order valence-corrected chi connectivity index (χ1v) is 2.43. The molecule has 6 heteroatoms. The maximum Gasteiger partial charge on any atom is 0.179 e. The summed E-state index contributed by atoms with van der Waals surface area (Å²) in [7, 11) is 0. The van der Waals surface area contributed by atoms with E-state index in [9.17, 15) is 4.21 Å². The van der Waals surface area contributed by atoms with Gasteiger partial charge >= 0.3 is 0 Å². The van der Waals surface area contributed by atoms with Crippen molar-refractivity contribution in [3.05, 3.63) is 0 Å². The standard InChI is InChI=1S/CH4O3S.H2O2/c2-1-5(3)4;1-2/h2H,1H2,(H,3,4);1-2H. The van der Waals surface area contributed by atoms with Crippen LogP contribution in [0.4, 0.5) is 0 Å². The van der Waals surface area contributed by atoms with Gasteiger partial charge in [-0.15, -0.1) is 0 Å². The van der Waals surface area contributed by atoms with Gasteiger partial charge in [0.2, 0.25) is 0 Å². The van der Waals surface area contributed by atoms with Crippen molar-refractivity contribution in [2.24, 2.45) is 0 Å². The van der Waals surface area contributed by atoms with Crippen LogP contribution in [0.3, 0.4) is 0 Å². The molecule has 0 spiro atoms. The van der Waals surface area contributed by atoms with Crippen LogP contribution in [0.1, 0.15) is 0 Å². The van der Waals surface area contributed by atoms with Crippen molar-refractivity contribution in [1.29, 1.82) is 0 Å². The zero-order chi connectivity index (χ0) is 6.28. The summed E-state index contributed by atoms with van der Waals surface area (Å²) in [5.74, 6) is -0.667. The van der Waals surface area contributed by atoms with E-state index in [0.29, 0.717) is 0 Å². The lowest BCUT2D eigenvalue weighted by Gasteiger charge is -1.73. The van der Waals surface area contributed by atoms with Gasteiger partial charge in [0.05, 0.1) is 0 Å². The van der Waals surface area contributed by atoms with E-state index in [1.54, 1.807) is 0 Å². The van der Waals surface area contributed by atoms with Gasteiger partial charge in [0.1, 0.15) is 5.94 Å². The normalized spacial score (nSPS) is 11.4. The molecule has 46 valence electrons. The highest BCUT2D eigenvalue weighted by atomic mass is 32.2. The fraction of sp³-hybridized carbons (Fsp3) is 1.00. The molecule has 0 amide bonds. The second-order valence-electron chi connectivity index (χ2n) is 0.451. The van der Waals surface area contributed by atoms with Crippen LogP contribution in [-0.2, 0) is 11.1 Å². The third kappa shape index (κ3) is 24.1. The van der Waals surface area contributed by atoms with Gasteiger partial charge in [0.15, 0.2) is 11.1 Å². The highest BCUT2D eigenvalue weighted by molar-refractivity contribution is 7.78. The first-order valence-electron chi connectivity index (χ1n) is 1.15. The van der Waals surface area contributed by atoms with Crippen LogP contribution in [0.2, 0.25) is 0 Å². The summed E-state index contributed by atoms with van der Waals surface area (Å²) in [5.41, 5.74) is 0. The Morgan fingerprint density at radius 1 is 1.43 bits per heavy atom. The Labute approximate surface area is 42.4 Å². The Hall–Kier alpha value is -0.0100. The summed E-state index contributed by atoms with van der Waals surface area (Å²) in [5, 5.41) is 19.6. The first kappa shape index (κ1) is 10.1. The summed E-state index contributed by atoms with van der Waals surface area (Å²) in [4.78, 5) is 0. The smallest absolute Gasteiger partial charge is 0.179 e. The van der Waals surface area contributed by atoms with Gasteiger partial charge < -0.3 is 9.66 Å². The van der Waals surface area contributed by atoms with Crippen molar-refractivity contribution in [3.63, 3.8) is 0 Å². The lowest BCUT2D eigenvalue weighted by Crippen LogP contribution is -1.89. The molecule has 0 bridgehead atoms. The quantitative estimate of drug-likeness (QED) is 0.211. The van der Waals surface area contributed by atoms with Gasteiger partial charge in [-0.3, -0.25) is 10.5 Å². The summed E-state index contributed by atoms with van der Waals surface area (Å²) >= 11 is -2.02. The Bertz CT molecular complexity index is 43.3. The molecule has 0 aliphatic carbocycles. The van der Waals surface area contributed by atoms with E-state index in [-0.39, 0.29) is 0 Å². The maximum absolute atomic E-state index is 9.23. The third-order valence-corrected chi connectivity index (χ3v) is 0.331. The van der Waals surface area contributed by atoms with Gasteiger partial charge in [-0.05, 0) is 0 Å². The minimum absolute atomic E-state index is 0.667. The topological polar surface area (TPSA) is 98.0 Å². The monoisotopic (exact) mass is 130 g/mol. The van der Waals surface area contributed by atoms with Crippen molar-refractivity contribution in [3.8, 4) is 0 Å². The van der Waals surface area contributed by atoms with E-state index in [4.69, 9.17) is 20.2 Å². The highest BCUT2D eigenvalue weighted by Crippen LogP contribution is 1.59. The fourth-order valence-corrected chi connectivity index (χ4v) is 0. The van der Waals surface area contributed by atoms with Crippen LogP contribution in [0.15, 0.2) is 0 Å². The summed E-state index contributed by atoms with van der Waals surface area (Å²) in [6.07, 6.45) is 0. The number of rotatable bonds is 1. The van der Waals surface area contributed by atoms with Crippen molar-refractivity contribution < 1.29 is 24.4 Å². The van der Waals surface area contributed by atoms with E-state index in [2.05, 4.69) is 0 Å². The highest BCUT2D eigenvalue weighted by Gasteiger charge is 1.77. The Morgan fingerprint density at radius 2 is 1.57 bits per heavy atom. The zero-order valence-corrected chi connectivity index (χ0v) is 4.13. The van der Waals surface area contributed by atoms with Gasteiger partial charge in [-0.2, -0.15) is 0 Å². The second kappa shape index (κ2) is 9.37. The SMILES string of the molecule is O=S(O)CO.OO. The van der Waals surface area contributed by atoms with Crippen LogP contribution < -0.4 is 0 Å². The molecule has 1 atom stereocenters. The molecule has 0 radical (unpaired) electrons. The lowest BCUT2D eigenvalue weighted by molar-refractivity contribution is -0.176. The molecular weight excluding hydrogens is 124 g/mol. The zero-order valence-electron chi connectivity index (χ0n) is 3.31. The van der Waals surface area contributed by atoms with Crippen molar-refractivity contribution in [1.82, 2.24) is 0 Å². The van der Waals surface area contributed by atoms with E-state index < -0.39 is 17.0 Å². The Morgan fingerprint density at radius 3 is 1.57 bits per heavy atom. The van der Waals surface area contributed by atoms with Gasteiger partial charge in [0, 0.05) is 0 Å². The molecule has 0 heterocycles. The molecule has 1 unspecified atom stereocenters. The minimum Gasteiger partial charge on any atom is -0.381 e. The molecule has 0 rings (SSSR count). The molecule has 0 fully saturated rings. The summed E-state index contributed by atoms with van der Waals surface area (Å²) < 4.78 is 16.8. The average molecular weight is 130 g/mol. The van der Waals surface area contributed by atoms with Crippen molar-refractivity contribution >= 4 is 11.1 Å². The summed E-state index contributed by atoms with van der Waals surface area (Å²) in [6.45, 7) is 0. The van der Waals surface area contributed by atoms with Gasteiger partial charge in [-0.1, -0.05) is 0 Å². The van der Waals surface area contributed by atoms with E-state index in [0.717, 1.165) is 0 Å². The van der Waals surface area contributed by atoms with Crippen LogP contribution in [-0.4, -0.2) is 30.3 Å². The molecule has 0 saturated carbocycles.